The van der Waals surface area contributed by atoms with Crippen LogP contribution in [0, 0.1) is 0 Å². The molecule has 1 aliphatic heterocycles. The van der Waals surface area contributed by atoms with Gasteiger partial charge in [0.05, 0.1) is 18.2 Å². The number of ether oxygens (including phenoxy) is 1. The van der Waals surface area contributed by atoms with E-state index in [-0.39, 0.29) is 5.60 Å². The fourth-order valence-electron chi connectivity index (χ4n) is 2.05. The second-order valence-electron chi connectivity index (χ2n) is 5.23. The van der Waals surface area contributed by atoms with Crippen molar-refractivity contribution in [2.75, 3.05) is 18.9 Å². The highest BCUT2D eigenvalue weighted by atomic mass is 32.2. The van der Waals surface area contributed by atoms with Crippen molar-refractivity contribution in [3.8, 4) is 0 Å². The third kappa shape index (κ3) is 4.25. The van der Waals surface area contributed by atoms with Crippen LogP contribution in [0.5, 0.6) is 0 Å². The summed E-state index contributed by atoms with van der Waals surface area (Å²) < 4.78 is 5.66. The van der Waals surface area contributed by atoms with Crippen molar-refractivity contribution in [3.63, 3.8) is 0 Å². The van der Waals surface area contributed by atoms with Crippen molar-refractivity contribution in [3.05, 3.63) is 35.9 Å². The van der Waals surface area contributed by atoms with E-state index in [1.54, 1.807) is 11.8 Å². The number of aliphatic imine (C=N–C) groups is 1. The number of hydrogen-bond acceptors (Lipinski definition) is 3. The molecule has 0 amide bonds. The molecule has 4 heteroatoms. The Kier molecular flexibility index (Phi) is 4.88. The Balaban J connectivity index is 1.91. The maximum atomic E-state index is 5.66. The molecule has 0 aliphatic carbocycles. The molecule has 1 unspecified atom stereocenters. The molecule has 0 saturated carbocycles. The van der Waals surface area contributed by atoms with Gasteiger partial charge >= 0.3 is 0 Å². The van der Waals surface area contributed by atoms with E-state index < -0.39 is 0 Å². The van der Waals surface area contributed by atoms with Gasteiger partial charge in [-0.15, -0.1) is 0 Å². The van der Waals surface area contributed by atoms with E-state index in [9.17, 15) is 0 Å². The van der Waals surface area contributed by atoms with Gasteiger partial charge in [0, 0.05) is 12.4 Å². The fraction of sp³-hybridized carbons (Fsp3) is 0.533. The molecule has 0 spiro atoms. The van der Waals surface area contributed by atoms with Gasteiger partial charge in [-0.05, 0) is 26.3 Å². The van der Waals surface area contributed by atoms with Crippen molar-refractivity contribution in [2.45, 2.75) is 32.4 Å². The van der Waals surface area contributed by atoms with Gasteiger partial charge in [0.15, 0.2) is 5.17 Å². The molecule has 1 fully saturated rings. The number of benzene rings is 1. The van der Waals surface area contributed by atoms with E-state index in [1.165, 1.54) is 5.56 Å². The predicted molar refractivity (Wildman–Crippen MR) is 82.8 cm³/mol. The van der Waals surface area contributed by atoms with E-state index in [0.717, 1.165) is 17.5 Å². The molecule has 1 heterocycles. The van der Waals surface area contributed by atoms with Crippen LogP contribution in [0.2, 0.25) is 0 Å². The van der Waals surface area contributed by atoms with E-state index >= 15 is 0 Å². The summed E-state index contributed by atoms with van der Waals surface area (Å²) in [5.74, 6) is 1.04. The molecule has 0 radical (unpaired) electrons. The predicted octanol–water partition coefficient (Wildman–Crippen LogP) is 3.24. The first kappa shape index (κ1) is 14.4. The first-order chi connectivity index (χ1) is 9.11. The summed E-state index contributed by atoms with van der Waals surface area (Å²) >= 11 is 1.79. The molecule has 1 N–H and O–H groups in total. The Labute approximate surface area is 119 Å². The van der Waals surface area contributed by atoms with Gasteiger partial charge in [-0.3, -0.25) is 4.99 Å². The fourth-order valence-corrected chi connectivity index (χ4v) is 3.03. The van der Waals surface area contributed by atoms with Crippen molar-refractivity contribution in [1.29, 1.82) is 0 Å². The van der Waals surface area contributed by atoms with Crippen LogP contribution < -0.4 is 5.32 Å². The van der Waals surface area contributed by atoms with Gasteiger partial charge < -0.3 is 10.1 Å². The molecule has 104 valence electrons. The van der Waals surface area contributed by atoms with Crippen LogP contribution in [0.3, 0.4) is 0 Å². The third-order valence-corrected chi connectivity index (χ3v) is 4.05. The normalized spacial score (nSPS) is 21.6. The Hall–Kier alpha value is -1.00. The lowest BCUT2D eigenvalue weighted by atomic mass is 10.1. The number of amidine groups is 1. The Morgan fingerprint density at radius 3 is 2.79 bits per heavy atom. The largest absolute Gasteiger partial charge is 0.374 e. The van der Waals surface area contributed by atoms with Gasteiger partial charge in [-0.1, -0.05) is 42.1 Å². The summed E-state index contributed by atoms with van der Waals surface area (Å²) in [6.45, 7) is 7.59. The highest BCUT2D eigenvalue weighted by Gasteiger charge is 2.23. The zero-order valence-electron chi connectivity index (χ0n) is 11.8. The van der Waals surface area contributed by atoms with Gasteiger partial charge in [0.25, 0.3) is 0 Å². The van der Waals surface area contributed by atoms with E-state index in [1.807, 2.05) is 13.0 Å². The molecule has 1 aromatic carbocycles. The van der Waals surface area contributed by atoms with Crippen molar-refractivity contribution in [1.82, 2.24) is 5.32 Å². The number of hydrogen-bond donors (Lipinski definition) is 1. The number of nitrogens with zero attached hydrogens (tertiary/aromatic N) is 1. The van der Waals surface area contributed by atoms with Crippen LogP contribution in [-0.2, 0) is 4.74 Å². The summed E-state index contributed by atoms with van der Waals surface area (Å²) in [7, 11) is 0. The first-order valence-electron chi connectivity index (χ1n) is 6.73. The van der Waals surface area contributed by atoms with Crippen molar-refractivity contribution < 1.29 is 4.74 Å². The number of nitrogens with one attached hydrogen (secondary N) is 1. The van der Waals surface area contributed by atoms with E-state index in [4.69, 9.17) is 4.74 Å². The summed E-state index contributed by atoms with van der Waals surface area (Å²) in [6, 6.07) is 10.9. The molecular formula is C15H22N2OS. The number of rotatable bonds is 5. The molecule has 19 heavy (non-hydrogen) atoms. The quantitative estimate of drug-likeness (QED) is 0.897. The van der Waals surface area contributed by atoms with Crippen LogP contribution in [0.1, 0.15) is 32.4 Å². The molecule has 1 aliphatic rings. The van der Waals surface area contributed by atoms with Crippen LogP contribution in [0.25, 0.3) is 0 Å². The molecular weight excluding hydrogens is 256 g/mol. The lowest BCUT2D eigenvalue weighted by molar-refractivity contribution is -0.00208. The molecule has 0 bridgehead atoms. The smallest absolute Gasteiger partial charge is 0.157 e. The standard InChI is InChI=1S/C15H22N2OS/c1-4-18-15(2,3)11-16-14-17-13(10-19-14)12-8-6-5-7-9-12/h5-9,13H,4,10-11H2,1-3H3,(H,16,17). The molecule has 3 nitrogen and oxygen atoms in total. The van der Waals surface area contributed by atoms with Gasteiger partial charge in [-0.25, -0.2) is 0 Å². The minimum atomic E-state index is -0.186. The van der Waals surface area contributed by atoms with Crippen LogP contribution >= 0.6 is 11.8 Å². The lowest BCUT2D eigenvalue weighted by Crippen LogP contribution is -2.29. The average molecular weight is 278 g/mol. The molecule has 1 aromatic rings. The number of thioether (sulfide) groups is 1. The zero-order valence-corrected chi connectivity index (χ0v) is 12.7. The van der Waals surface area contributed by atoms with Gasteiger partial charge in [0.1, 0.15) is 0 Å². The van der Waals surface area contributed by atoms with Crippen LogP contribution in [-0.4, -0.2) is 29.7 Å². The van der Waals surface area contributed by atoms with Crippen molar-refractivity contribution in [2.24, 2.45) is 4.99 Å². The van der Waals surface area contributed by atoms with Crippen molar-refractivity contribution >= 4 is 16.9 Å². The highest BCUT2D eigenvalue weighted by Crippen LogP contribution is 2.26. The summed E-state index contributed by atoms with van der Waals surface area (Å²) in [4.78, 5) is 4.63. The summed E-state index contributed by atoms with van der Waals surface area (Å²) in [6.07, 6.45) is 0. The van der Waals surface area contributed by atoms with Crippen LogP contribution in [0.4, 0.5) is 0 Å². The molecule has 2 rings (SSSR count). The van der Waals surface area contributed by atoms with Gasteiger partial charge in [-0.2, -0.15) is 0 Å². The minimum absolute atomic E-state index is 0.186. The summed E-state index contributed by atoms with van der Waals surface area (Å²) in [5.41, 5.74) is 1.14. The van der Waals surface area contributed by atoms with E-state index in [0.29, 0.717) is 12.6 Å². The SMILES string of the molecule is CCOC(C)(C)CN=C1NC(c2ccccc2)CS1. The Morgan fingerprint density at radius 1 is 1.37 bits per heavy atom. The first-order valence-corrected chi connectivity index (χ1v) is 7.72. The molecule has 1 atom stereocenters. The maximum absolute atomic E-state index is 5.66. The second kappa shape index (κ2) is 6.44. The average Bonchev–Trinajstić information content (AvgIpc) is 2.86. The second-order valence-corrected chi connectivity index (χ2v) is 6.24. The van der Waals surface area contributed by atoms with Gasteiger partial charge in [0.2, 0.25) is 0 Å². The summed E-state index contributed by atoms with van der Waals surface area (Å²) in [5, 5.41) is 4.51. The van der Waals surface area contributed by atoms with E-state index in [2.05, 4.69) is 48.4 Å². The third-order valence-electron chi connectivity index (χ3n) is 3.02. The highest BCUT2D eigenvalue weighted by molar-refractivity contribution is 8.14. The van der Waals surface area contributed by atoms with Crippen LogP contribution in [0.15, 0.2) is 35.3 Å². The Bertz CT molecular complexity index is 431. The lowest BCUT2D eigenvalue weighted by Gasteiger charge is -2.22. The molecule has 1 saturated heterocycles. The zero-order chi connectivity index (χ0) is 13.7. The maximum Gasteiger partial charge on any atom is 0.157 e. The monoisotopic (exact) mass is 278 g/mol. The Morgan fingerprint density at radius 2 is 2.11 bits per heavy atom. The topological polar surface area (TPSA) is 33.6 Å². The molecule has 0 aromatic heterocycles. The minimum Gasteiger partial charge on any atom is -0.374 e.